The minimum absolute atomic E-state index is 0.00173. The predicted octanol–water partition coefficient (Wildman–Crippen LogP) is 1.26. The first-order chi connectivity index (χ1) is 10.5. The topological polar surface area (TPSA) is 43.9 Å². The molecule has 22 heavy (non-hydrogen) atoms. The Kier molecular flexibility index (Phi) is 4.49. The molecule has 0 radical (unpaired) electrons. The highest BCUT2D eigenvalue weighted by atomic mass is 32.1. The van der Waals surface area contributed by atoms with E-state index in [1.165, 1.54) is 4.88 Å². The van der Waals surface area contributed by atoms with Crippen LogP contribution in [0.2, 0.25) is 0 Å². The number of likely N-dealkylation sites (tertiary alicyclic amines) is 2. The molecule has 5 nitrogen and oxygen atoms in total. The number of hydrogen-bond donors (Lipinski definition) is 0. The van der Waals surface area contributed by atoms with Gasteiger partial charge in [-0.25, -0.2) is 0 Å². The van der Waals surface area contributed by atoms with Crippen LogP contribution in [0.3, 0.4) is 0 Å². The summed E-state index contributed by atoms with van der Waals surface area (Å²) < 4.78 is 0. The molecule has 1 aromatic heterocycles. The van der Waals surface area contributed by atoms with E-state index >= 15 is 0 Å². The van der Waals surface area contributed by atoms with Crippen LogP contribution in [0.15, 0.2) is 17.5 Å². The molecule has 0 spiro atoms. The van der Waals surface area contributed by atoms with Gasteiger partial charge in [0.05, 0.1) is 12.6 Å². The fourth-order valence-corrected chi connectivity index (χ4v) is 4.09. The predicted molar refractivity (Wildman–Crippen MR) is 86.5 cm³/mol. The smallest absolute Gasteiger partial charge is 0.241 e. The second-order valence-electron chi connectivity index (χ2n) is 6.46. The molecule has 2 aliphatic rings. The second kappa shape index (κ2) is 6.38. The van der Waals surface area contributed by atoms with Crippen molar-refractivity contribution in [2.45, 2.75) is 25.4 Å². The van der Waals surface area contributed by atoms with Gasteiger partial charge in [-0.2, -0.15) is 0 Å². The summed E-state index contributed by atoms with van der Waals surface area (Å²) in [6.07, 6.45) is 2.05. The maximum Gasteiger partial charge on any atom is 0.241 e. The Labute approximate surface area is 135 Å². The van der Waals surface area contributed by atoms with Crippen molar-refractivity contribution in [3.8, 4) is 0 Å². The lowest BCUT2D eigenvalue weighted by Gasteiger charge is -2.46. The Balaban J connectivity index is 1.69. The molecular formula is C16H23N3O2S. The molecule has 0 unspecified atom stereocenters. The number of carbonyl (C=O) groups is 2. The highest BCUT2D eigenvalue weighted by molar-refractivity contribution is 7.09. The average Bonchev–Trinajstić information content (AvgIpc) is 2.99. The maximum absolute atomic E-state index is 12.7. The first-order valence-corrected chi connectivity index (χ1v) is 8.68. The standard InChI is InChI=1S/C16H23N3O2S/c1-17(2)15(20)11-19-9-12-5-6-18(14(8-12)16(19)21)10-13-4-3-7-22-13/h3-4,7,12,14H,5-6,8-11H2,1-2H3/t12-,14+/m0/s1. The average molecular weight is 321 g/mol. The molecule has 6 heteroatoms. The monoisotopic (exact) mass is 321 g/mol. The molecule has 2 amide bonds. The summed E-state index contributed by atoms with van der Waals surface area (Å²) in [4.78, 5) is 31.6. The highest BCUT2D eigenvalue weighted by Crippen LogP contribution is 2.31. The lowest BCUT2D eigenvalue weighted by molar-refractivity contribution is -0.150. The van der Waals surface area contributed by atoms with E-state index in [9.17, 15) is 9.59 Å². The molecule has 3 heterocycles. The van der Waals surface area contributed by atoms with Gasteiger partial charge in [0.1, 0.15) is 0 Å². The molecule has 0 aliphatic carbocycles. The molecule has 0 aromatic carbocycles. The van der Waals surface area contributed by atoms with E-state index in [0.717, 1.165) is 32.5 Å². The van der Waals surface area contributed by atoms with Crippen molar-refractivity contribution >= 4 is 23.2 Å². The number of carbonyl (C=O) groups excluding carboxylic acids is 2. The van der Waals surface area contributed by atoms with Crippen LogP contribution in [0.5, 0.6) is 0 Å². The summed E-state index contributed by atoms with van der Waals surface area (Å²) in [5.41, 5.74) is 0. The number of hydrogen-bond acceptors (Lipinski definition) is 4. The third-order valence-electron chi connectivity index (χ3n) is 4.66. The number of likely N-dealkylation sites (N-methyl/N-ethyl adjacent to an activating group) is 1. The van der Waals surface area contributed by atoms with Crippen LogP contribution in [-0.2, 0) is 16.1 Å². The van der Waals surface area contributed by atoms with Gasteiger partial charge < -0.3 is 9.80 Å². The SMILES string of the molecule is CN(C)C(=O)CN1C[C@H]2CCN(Cc3cccs3)[C@H](C2)C1=O. The van der Waals surface area contributed by atoms with Crippen LogP contribution in [0, 0.1) is 5.92 Å². The number of piperidine rings is 2. The van der Waals surface area contributed by atoms with Crippen LogP contribution in [0.1, 0.15) is 17.7 Å². The molecular weight excluding hydrogens is 298 g/mol. The van der Waals surface area contributed by atoms with E-state index in [0.29, 0.717) is 5.92 Å². The van der Waals surface area contributed by atoms with E-state index in [1.807, 2.05) is 0 Å². The molecule has 2 bridgehead atoms. The van der Waals surface area contributed by atoms with Crippen molar-refractivity contribution in [3.63, 3.8) is 0 Å². The summed E-state index contributed by atoms with van der Waals surface area (Å²) in [6.45, 7) is 2.78. The van der Waals surface area contributed by atoms with Crippen LogP contribution < -0.4 is 0 Å². The Morgan fingerprint density at radius 3 is 2.95 bits per heavy atom. The number of rotatable bonds is 4. The van der Waals surface area contributed by atoms with Gasteiger partial charge in [0, 0.05) is 32.1 Å². The fourth-order valence-electron chi connectivity index (χ4n) is 3.36. The van der Waals surface area contributed by atoms with Crippen molar-refractivity contribution in [1.29, 1.82) is 0 Å². The van der Waals surface area contributed by atoms with Crippen LogP contribution in [0.4, 0.5) is 0 Å². The fraction of sp³-hybridized carbons (Fsp3) is 0.625. The summed E-state index contributed by atoms with van der Waals surface area (Å²) in [7, 11) is 3.47. The molecule has 2 saturated heterocycles. The molecule has 2 fully saturated rings. The summed E-state index contributed by atoms with van der Waals surface area (Å²) in [5.74, 6) is 0.665. The van der Waals surface area contributed by atoms with E-state index in [2.05, 4.69) is 22.4 Å². The lowest BCUT2D eigenvalue weighted by Crippen LogP contribution is -2.59. The molecule has 2 atom stereocenters. The zero-order valence-corrected chi connectivity index (χ0v) is 14.0. The molecule has 120 valence electrons. The summed E-state index contributed by atoms with van der Waals surface area (Å²) in [5, 5.41) is 2.08. The van der Waals surface area contributed by atoms with Gasteiger partial charge in [0.25, 0.3) is 0 Å². The number of nitrogens with zero attached hydrogens (tertiary/aromatic N) is 3. The Morgan fingerprint density at radius 2 is 2.27 bits per heavy atom. The third-order valence-corrected chi connectivity index (χ3v) is 5.52. The third kappa shape index (κ3) is 3.17. The molecule has 2 aliphatic heterocycles. The molecule has 3 rings (SSSR count). The highest BCUT2D eigenvalue weighted by Gasteiger charge is 2.41. The molecule has 0 N–H and O–H groups in total. The zero-order valence-electron chi connectivity index (χ0n) is 13.2. The Hall–Kier alpha value is -1.40. The minimum Gasteiger partial charge on any atom is -0.347 e. The minimum atomic E-state index is -0.0513. The van der Waals surface area contributed by atoms with Crippen molar-refractivity contribution in [2.75, 3.05) is 33.7 Å². The Morgan fingerprint density at radius 1 is 1.45 bits per heavy atom. The largest absolute Gasteiger partial charge is 0.347 e. The molecule has 0 saturated carbocycles. The Bertz CT molecular complexity index is 544. The van der Waals surface area contributed by atoms with E-state index in [-0.39, 0.29) is 24.4 Å². The van der Waals surface area contributed by atoms with Crippen molar-refractivity contribution in [1.82, 2.24) is 14.7 Å². The summed E-state index contributed by atoms with van der Waals surface area (Å²) >= 11 is 1.74. The van der Waals surface area contributed by atoms with Crippen LogP contribution in [0.25, 0.3) is 0 Å². The van der Waals surface area contributed by atoms with Crippen LogP contribution >= 0.6 is 11.3 Å². The van der Waals surface area contributed by atoms with Gasteiger partial charge in [0.2, 0.25) is 11.8 Å². The zero-order chi connectivity index (χ0) is 15.7. The normalized spacial score (nSPS) is 25.4. The second-order valence-corrected chi connectivity index (χ2v) is 7.50. The van der Waals surface area contributed by atoms with E-state index in [1.54, 1.807) is 35.2 Å². The number of fused-ring (bicyclic) bond motifs is 2. The van der Waals surface area contributed by atoms with E-state index < -0.39 is 0 Å². The quantitative estimate of drug-likeness (QED) is 0.838. The maximum atomic E-state index is 12.7. The number of amides is 2. The van der Waals surface area contributed by atoms with Gasteiger partial charge in [-0.3, -0.25) is 14.5 Å². The van der Waals surface area contributed by atoms with Gasteiger partial charge in [-0.1, -0.05) is 6.07 Å². The lowest BCUT2D eigenvalue weighted by atomic mass is 9.86. The van der Waals surface area contributed by atoms with Crippen molar-refractivity contribution < 1.29 is 9.59 Å². The molecule has 1 aromatic rings. The van der Waals surface area contributed by atoms with Gasteiger partial charge in [0.15, 0.2) is 0 Å². The summed E-state index contributed by atoms with van der Waals surface area (Å²) in [6, 6.07) is 4.12. The first-order valence-electron chi connectivity index (χ1n) is 7.80. The first kappa shape index (κ1) is 15.5. The van der Waals surface area contributed by atoms with Crippen molar-refractivity contribution in [3.05, 3.63) is 22.4 Å². The van der Waals surface area contributed by atoms with Crippen molar-refractivity contribution in [2.24, 2.45) is 5.92 Å². The number of thiophene rings is 1. The van der Waals surface area contributed by atoms with Gasteiger partial charge in [-0.05, 0) is 36.8 Å². The van der Waals surface area contributed by atoms with Crippen LogP contribution in [-0.4, -0.2) is 66.3 Å². The van der Waals surface area contributed by atoms with Gasteiger partial charge in [-0.15, -0.1) is 11.3 Å². The van der Waals surface area contributed by atoms with Gasteiger partial charge >= 0.3 is 0 Å². The van der Waals surface area contributed by atoms with E-state index in [4.69, 9.17) is 0 Å².